The standard InChI is InChI=1S/C28H42N4O3.H2/c1-23(33)29-16-20-32(19-14-24-9-5-4-6-10-24)28(34)25-11-8-17-31(18-15-25)22-27-13-7-12-26(35-27)21-30(2)3;/h4-6,9-10,12-13,25H,7-8,11,14-22H2,1-3H3,(H,29,33);1H/t25-;/m1./s1. The van der Waals surface area contributed by atoms with Crippen LogP contribution < -0.4 is 5.32 Å². The summed E-state index contributed by atoms with van der Waals surface area (Å²) in [5.41, 5.74) is 1.22. The van der Waals surface area contributed by atoms with E-state index in [9.17, 15) is 9.59 Å². The first-order valence-electron chi connectivity index (χ1n) is 12.9. The number of carbonyl (C=O) groups is 2. The summed E-state index contributed by atoms with van der Waals surface area (Å²) in [5, 5.41) is 2.84. The average Bonchev–Trinajstić information content (AvgIpc) is 3.06. The summed E-state index contributed by atoms with van der Waals surface area (Å²) in [4.78, 5) is 31.4. The lowest BCUT2D eigenvalue weighted by Crippen LogP contribution is -2.42. The minimum Gasteiger partial charge on any atom is -0.464 e. The molecule has 3 rings (SSSR count). The second kappa shape index (κ2) is 14.0. The molecule has 0 radical (unpaired) electrons. The molecule has 7 heteroatoms. The first-order valence-corrected chi connectivity index (χ1v) is 12.9. The SMILES string of the molecule is CC(=O)NCCN(CCc1ccccc1)C(=O)[C@@H]1CCCN(CC2=CCC=C(CN(C)C)O2)CC1.[HH]. The van der Waals surface area contributed by atoms with Crippen LogP contribution in [-0.4, -0.2) is 86.4 Å². The number of nitrogens with zero attached hydrogens (tertiary/aromatic N) is 3. The van der Waals surface area contributed by atoms with Crippen LogP contribution >= 0.6 is 0 Å². The van der Waals surface area contributed by atoms with Crippen LogP contribution in [0, 0.1) is 5.92 Å². The molecular formula is C28H44N4O3. The first kappa shape index (κ1) is 27.0. The third kappa shape index (κ3) is 9.49. The van der Waals surface area contributed by atoms with Crippen molar-refractivity contribution in [1.82, 2.24) is 20.0 Å². The molecule has 194 valence electrons. The average molecular weight is 485 g/mol. The lowest BCUT2D eigenvalue weighted by Gasteiger charge is -2.28. The Morgan fingerprint density at radius 1 is 1.09 bits per heavy atom. The number of nitrogens with one attached hydrogen (secondary N) is 1. The summed E-state index contributed by atoms with van der Waals surface area (Å²) in [6.07, 6.45) is 8.81. The molecule has 0 unspecified atom stereocenters. The summed E-state index contributed by atoms with van der Waals surface area (Å²) in [7, 11) is 4.10. The van der Waals surface area contributed by atoms with Crippen LogP contribution in [0.15, 0.2) is 54.0 Å². The van der Waals surface area contributed by atoms with Crippen molar-refractivity contribution in [3.05, 3.63) is 59.6 Å². The lowest BCUT2D eigenvalue weighted by molar-refractivity contribution is -0.136. The van der Waals surface area contributed by atoms with Crippen molar-refractivity contribution in [2.45, 2.75) is 39.0 Å². The smallest absolute Gasteiger partial charge is 0.225 e. The number of benzene rings is 1. The number of allylic oxidation sites excluding steroid dienone is 2. The second-order valence-electron chi connectivity index (χ2n) is 9.86. The zero-order valence-corrected chi connectivity index (χ0v) is 21.7. The molecule has 2 aliphatic heterocycles. The summed E-state index contributed by atoms with van der Waals surface area (Å²) >= 11 is 0. The molecule has 2 amide bonds. The maximum atomic E-state index is 13.5. The Hall–Kier alpha value is -2.64. The van der Waals surface area contributed by atoms with E-state index in [2.05, 4.69) is 39.4 Å². The molecule has 1 N–H and O–H groups in total. The summed E-state index contributed by atoms with van der Waals surface area (Å²) in [6.45, 7) is 6.70. The molecule has 1 saturated heterocycles. The van der Waals surface area contributed by atoms with Gasteiger partial charge in [0.2, 0.25) is 11.8 Å². The van der Waals surface area contributed by atoms with Gasteiger partial charge < -0.3 is 19.9 Å². The molecule has 35 heavy (non-hydrogen) atoms. The van der Waals surface area contributed by atoms with Gasteiger partial charge in [-0.3, -0.25) is 14.5 Å². The highest BCUT2D eigenvalue weighted by molar-refractivity contribution is 5.79. The van der Waals surface area contributed by atoms with Crippen LogP contribution in [0.5, 0.6) is 0 Å². The second-order valence-corrected chi connectivity index (χ2v) is 9.86. The Kier molecular flexibility index (Phi) is 10.8. The van der Waals surface area contributed by atoms with Crippen molar-refractivity contribution in [3.8, 4) is 0 Å². The van der Waals surface area contributed by atoms with Crippen molar-refractivity contribution >= 4 is 11.8 Å². The number of likely N-dealkylation sites (N-methyl/N-ethyl adjacent to an activating group) is 1. The largest absolute Gasteiger partial charge is 0.464 e. The van der Waals surface area contributed by atoms with Gasteiger partial charge >= 0.3 is 0 Å². The fraction of sp³-hybridized carbons (Fsp3) is 0.571. The highest BCUT2D eigenvalue weighted by atomic mass is 16.5. The Morgan fingerprint density at radius 3 is 2.60 bits per heavy atom. The number of hydrogen-bond donors (Lipinski definition) is 1. The van der Waals surface area contributed by atoms with Crippen LogP contribution in [0.25, 0.3) is 0 Å². The lowest BCUT2D eigenvalue weighted by atomic mass is 9.98. The first-order chi connectivity index (χ1) is 16.9. The van der Waals surface area contributed by atoms with E-state index in [0.717, 1.165) is 69.8 Å². The highest BCUT2D eigenvalue weighted by Gasteiger charge is 2.27. The van der Waals surface area contributed by atoms with Crippen LogP contribution in [-0.2, 0) is 20.7 Å². The molecule has 0 bridgehead atoms. The predicted octanol–water partition coefficient (Wildman–Crippen LogP) is 3.29. The van der Waals surface area contributed by atoms with E-state index in [0.29, 0.717) is 19.6 Å². The summed E-state index contributed by atoms with van der Waals surface area (Å²) in [6, 6.07) is 10.3. The van der Waals surface area contributed by atoms with Gasteiger partial charge in [0.1, 0.15) is 11.5 Å². The molecule has 7 nitrogen and oxygen atoms in total. The molecule has 0 aromatic heterocycles. The van der Waals surface area contributed by atoms with Crippen LogP contribution in [0.3, 0.4) is 0 Å². The van der Waals surface area contributed by atoms with Crippen molar-refractivity contribution in [2.75, 3.05) is 59.9 Å². The number of amides is 2. The molecule has 0 saturated carbocycles. The number of hydrogen-bond acceptors (Lipinski definition) is 5. The Bertz CT molecular complexity index is 888. The van der Waals surface area contributed by atoms with E-state index in [1.54, 1.807) is 0 Å². The monoisotopic (exact) mass is 484 g/mol. The fourth-order valence-corrected chi connectivity index (χ4v) is 4.73. The number of carbonyl (C=O) groups excluding carboxylic acids is 2. The maximum absolute atomic E-state index is 13.5. The number of likely N-dealkylation sites (tertiary alicyclic amines) is 1. The van der Waals surface area contributed by atoms with Gasteiger partial charge in [-0.25, -0.2) is 0 Å². The zero-order chi connectivity index (χ0) is 25.0. The van der Waals surface area contributed by atoms with Crippen molar-refractivity contribution < 1.29 is 15.8 Å². The number of ether oxygens (including phenoxy) is 1. The van der Waals surface area contributed by atoms with E-state index < -0.39 is 0 Å². The molecule has 1 aromatic carbocycles. The molecule has 0 spiro atoms. The molecule has 0 aliphatic carbocycles. The van der Waals surface area contributed by atoms with E-state index in [4.69, 9.17) is 4.74 Å². The Balaban J connectivity index is 0.00000456. The van der Waals surface area contributed by atoms with Crippen LogP contribution in [0.1, 0.15) is 39.6 Å². The molecular weight excluding hydrogens is 440 g/mol. The van der Waals surface area contributed by atoms with Gasteiger partial charge in [-0.15, -0.1) is 0 Å². The van der Waals surface area contributed by atoms with E-state index in [1.807, 2.05) is 37.2 Å². The van der Waals surface area contributed by atoms with Gasteiger partial charge in [0, 0.05) is 33.9 Å². The van der Waals surface area contributed by atoms with Gasteiger partial charge in [0.05, 0.1) is 13.1 Å². The molecule has 1 fully saturated rings. The topological polar surface area (TPSA) is 65.1 Å². The quantitative estimate of drug-likeness (QED) is 0.522. The van der Waals surface area contributed by atoms with Gasteiger partial charge in [-0.1, -0.05) is 30.3 Å². The van der Waals surface area contributed by atoms with Crippen molar-refractivity contribution in [2.24, 2.45) is 5.92 Å². The van der Waals surface area contributed by atoms with Gasteiger partial charge in [0.15, 0.2) is 0 Å². The molecule has 1 atom stereocenters. The zero-order valence-electron chi connectivity index (χ0n) is 21.7. The number of rotatable bonds is 11. The minimum atomic E-state index is -0.0617. The predicted molar refractivity (Wildman–Crippen MR) is 142 cm³/mol. The Morgan fingerprint density at radius 2 is 1.86 bits per heavy atom. The summed E-state index contributed by atoms with van der Waals surface area (Å²) in [5.74, 6) is 2.22. The van der Waals surface area contributed by atoms with Crippen LogP contribution in [0.4, 0.5) is 0 Å². The maximum Gasteiger partial charge on any atom is 0.225 e. The Labute approximate surface area is 212 Å². The van der Waals surface area contributed by atoms with Crippen LogP contribution in [0.2, 0.25) is 0 Å². The highest BCUT2D eigenvalue weighted by Crippen LogP contribution is 2.23. The third-order valence-electron chi connectivity index (χ3n) is 6.56. The fourth-order valence-electron chi connectivity index (χ4n) is 4.73. The van der Waals surface area contributed by atoms with E-state index >= 15 is 0 Å². The molecule has 2 aliphatic rings. The van der Waals surface area contributed by atoms with Crippen molar-refractivity contribution in [1.29, 1.82) is 0 Å². The van der Waals surface area contributed by atoms with Gasteiger partial charge in [-0.05, 0) is 77.0 Å². The van der Waals surface area contributed by atoms with Crippen molar-refractivity contribution in [3.63, 3.8) is 0 Å². The normalized spacial score (nSPS) is 18.8. The van der Waals surface area contributed by atoms with Gasteiger partial charge in [0.25, 0.3) is 0 Å². The van der Waals surface area contributed by atoms with E-state index in [1.165, 1.54) is 12.5 Å². The third-order valence-corrected chi connectivity index (χ3v) is 6.56. The summed E-state index contributed by atoms with van der Waals surface area (Å²) < 4.78 is 6.12. The molecule has 2 heterocycles. The minimum absolute atomic E-state index is 0. The van der Waals surface area contributed by atoms with E-state index in [-0.39, 0.29) is 19.2 Å². The molecule has 1 aromatic rings. The van der Waals surface area contributed by atoms with Gasteiger partial charge in [-0.2, -0.15) is 0 Å².